The Balaban J connectivity index is 2.61. The van der Waals surface area contributed by atoms with E-state index in [0.717, 1.165) is 24.3 Å². The van der Waals surface area contributed by atoms with E-state index in [2.05, 4.69) is 25.6 Å². The van der Waals surface area contributed by atoms with Gasteiger partial charge in [0.2, 0.25) is 0 Å². The molecule has 0 heterocycles. The maximum Gasteiger partial charge on any atom is 0.0440 e. The Bertz CT molecular complexity index is 289. The Morgan fingerprint density at radius 1 is 1.46 bits per heavy atom. The van der Waals surface area contributed by atoms with E-state index >= 15 is 0 Å². The van der Waals surface area contributed by atoms with Gasteiger partial charge in [-0.15, -0.1) is 6.58 Å². The van der Waals surface area contributed by atoms with Gasteiger partial charge in [0.1, 0.15) is 0 Å². The van der Waals surface area contributed by atoms with E-state index < -0.39 is 0 Å². The SMILES string of the molecule is C=CCCCc1ccc(C)cc1Cl. The fourth-order valence-electron chi connectivity index (χ4n) is 1.29. The Morgan fingerprint density at radius 3 is 2.85 bits per heavy atom. The van der Waals surface area contributed by atoms with Gasteiger partial charge in [0.15, 0.2) is 0 Å². The van der Waals surface area contributed by atoms with Crippen LogP contribution in [-0.4, -0.2) is 0 Å². The summed E-state index contributed by atoms with van der Waals surface area (Å²) in [5.74, 6) is 0. The first kappa shape index (κ1) is 10.3. The van der Waals surface area contributed by atoms with Gasteiger partial charge < -0.3 is 0 Å². The molecular weight excluding hydrogens is 180 g/mol. The zero-order chi connectivity index (χ0) is 9.68. The summed E-state index contributed by atoms with van der Waals surface area (Å²) in [4.78, 5) is 0. The Labute approximate surface area is 85.2 Å². The van der Waals surface area contributed by atoms with Gasteiger partial charge in [-0.1, -0.05) is 29.8 Å². The number of hydrogen-bond acceptors (Lipinski definition) is 0. The highest BCUT2D eigenvalue weighted by atomic mass is 35.5. The molecule has 0 radical (unpaired) electrons. The van der Waals surface area contributed by atoms with Crippen molar-refractivity contribution in [1.29, 1.82) is 0 Å². The first-order valence-corrected chi connectivity index (χ1v) is 4.98. The standard InChI is InChI=1S/C12H15Cl/c1-3-4-5-6-11-8-7-10(2)9-12(11)13/h3,7-9H,1,4-6H2,2H3. The second-order valence-corrected chi connectivity index (χ2v) is 3.68. The predicted molar refractivity (Wildman–Crippen MR) is 59.3 cm³/mol. The van der Waals surface area contributed by atoms with Gasteiger partial charge in [-0.05, 0) is 43.4 Å². The van der Waals surface area contributed by atoms with Crippen LogP contribution >= 0.6 is 11.6 Å². The maximum atomic E-state index is 6.08. The molecule has 0 saturated carbocycles. The van der Waals surface area contributed by atoms with Crippen molar-refractivity contribution in [2.75, 3.05) is 0 Å². The van der Waals surface area contributed by atoms with Crippen LogP contribution in [0.1, 0.15) is 24.0 Å². The summed E-state index contributed by atoms with van der Waals surface area (Å²) in [6.07, 6.45) is 5.18. The molecule has 0 N–H and O–H groups in total. The molecule has 0 atom stereocenters. The van der Waals surface area contributed by atoms with Crippen LogP contribution in [0.25, 0.3) is 0 Å². The number of halogens is 1. The average molecular weight is 195 g/mol. The minimum absolute atomic E-state index is 0.893. The molecule has 0 spiro atoms. The molecule has 0 nitrogen and oxygen atoms in total. The van der Waals surface area contributed by atoms with Crippen LogP contribution in [-0.2, 0) is 6.42 Å². The molecule has 0 saturated heterocycles. The third-order valence-electron chi connectivity index (χ3n) is 2.06. The molecule has 0 aliphatic carbocycles. The minimum Gasteiger partial charge on any atom is -0.103 e. The highest BCUT2D eigenvalue weighted by Crippen LogP contribution is 2.19. The van der Waals surface area contributed by atoms with E-state index in [-0.39, 0.29) is 0 Å². The lowest BCUT2D eigenvalue weighted by Gasteiger charge is -2.03. The van der Waals surface area contributed by atoms with E-state index in [4.69, 9.17) is 11.6 Å². The van der Waals surface area contributed by atoms with Crippen molar-refractivity contribution in [1.82, 2.24) is 0 Å². The van der Waals surface area contributed by atoms with Crippen molar-refractivity contribution >= 4 is 11.6 Å². The molecule has 1 rings (SSSR count). The molecule has 0 fully saturated rings. The molecule has 0 aliphatic rings. The van der Waals surface area contributed by atoms with Crippen LogP contribution in [0.5, 0.6) is 0 Å². The molecule has 0 amide bonds. The highest BCUT2D eigenvalue weighted by Gasteiger charge is 1.98. The van der Waals surface area contributed by atoms with E-state index in [0.29, 0.717) is 0 Å². The van der Waals surface area contributed by atoms with E-state index in [1.165, 1.54) is 11.1 Å². The van der Waals surface area contributed by atoms with Gasteiger partial charge in [-0.2, -0.15) is 0 Å². The van der Waals surface area contributed by atoms with E-state index in [9.17, 15) is 0 Å². The number of benzene rings is 1. The van der Waals surface area contributed by atoms with Crippen LogP contribution in [0.4, 0.5) is 0 Å². The summed E-state index contributed by atoms with van der Waals surface area (Å²) in [6, 6.07) is 6.24. The zero-order valence-electron chi connectivity index (χ0n) is 8.02. The van der Waals surface area contributed by atoms with Crippen LogP contribution in [0.15, 0.2) is 30.9 Å². The fraction of sp³-hybridized carbons (Fsp3) is 0.333. The molecule has 13 heavy (non-hydrogen) atoms. The van der Waals surface area contributed by atoms with E-state index in [1.54, 1.807) is 0 Å². The molecule has 70 valence electrons. The first-order valence-electron chi connectivity index (χ1n) is 4.60. The van der Waals surface area contributed by atoms with Crippen LogP contribution in [0.3, 0.4) is 0 Å². The molecule has 0 aromatic heterocycles. The van der Waals surface area contributed by atoms with Crippen molar-refractivity contribution in [2.24, 2.45) is 0 Å². The van der Waals surface area contributed by atoms with Crippen LogP contribution in [0, 0.1) is 6.92 Å². The highest BCUT2D eigenvalue weighted by molar-refractivity contribution is 6.31. The van der Waals surface area contributed by atoms with Gasteiger partial charge in [-0.3, -0.25) is 0 Å². The zero-order valence-corrected chi connectivity index (χ0v) is 8.77. The maximum absolute atomic E-state index is 6.08. The van der Waals surface area contributed by atoms with Crippen molar-refractivity contribution < 1.29 is 0 Å². The summed E-state index contributed by atoms with van der Waals surface area (Å²) in [5.41, 5.74) is 2.46. The number of rotatable bonds is 4. The van der Waals surface area contributed by atoms with Crippen LogP contribution in [0.2, 0.25) is 5.02 Å². The van der Waals surface area contributed by atoms with Crippen molar-refractivity contribution in [3.63, 3.8) is 0 Å². The molecule has 1 aromatic rings. The second-order valence-electron chi connectivity index (χ2n) is 3.28. The van der Waals surface area contributed by atoms with Gasteiger partial charge in [0, 0.05) is 5.02 Å². The molecule has 0 aliphatic heterocycles. The van der Waals surface area contributed by atoms with E-state index in [1.807, 2.05) is 12.1 Å². The van der Waals surface area contributed by atoms with Crippen molar-refractivity contribution in [2.45, 2.75) is 26.2 Å². The third kappa shape index (κ3) is 3.23. The normalized spacial score (nSPS) is 10.0. The van der Waals surface area contributed by atoms with Gasteiger partial charge >= 0.3 is 0 Å². The molecule has 1 heteroatoms. The summed E-state index contributed by atoms with van der Waals surface area (Å²) < 4.78 is 0. The number of unbranched alkanes of at least 4 members (excludes halogenated alkanes) is 1. The molecule has 0 bridgehead atoms. The van der Waals surface area contributed by atoms with Gasteiger partial charge in [0.05, 0.1) is 0 Å². The summed E-state index contributed by atoms with van der Waals surface area (Å²) in [5, 5.41) is 0.893. The van der Waals surface area contributed by atoms with Crippen LogP contribution < -0.4 is 0 Å². The summed E-state index contributed by atoms with van der Waals surface area (Å²) >= 11 is 6.08. The topological polar surface area (TPSA) is 0 Å². The lowest BCUT2D eigenvalue weighted by Crippen LogP contribution is -1.86. The van der Waals surface area contributed by atoms with Crippen molar-refractivity contribution in [3.05, 3.63) is 47.0 Å². The summed E-state index contributed by atoms with van der Waals surface area (Å²) in [6.45, 7) is 5.75. The quantitative estimate of drug-likeness (QED) is 0.499. The third-order valence-corrected chi connectivity index (χ3v) is 2.41. The molecule has 1 aromatic carbocycles. The Morgan fingerprint density at radius 2 is 2.23 bits per heavy atom. The number of allylic oxidation sites excluding steroid dienone is 1. The average Bonchev–Trinajstić information content (AvgIpc) is 2.09. The van der Waals surface area contributed by atoms with Gasteiger partial charge in [0.25, 0.3) is 0 Å². The molecule has 0 unspecified atom stereocenters. The number of aryl methyl sites for hydroxylation is 2. The minimum atomic E-state index is 0.893. The Kier molecular flexibility index (Phi) is 4.04. The summed E-state index contributed by atoms with van der Waals surface area (Å²) in [7, 11) is 0. The first-order chi connectivity index (χ1) is 6.24. The largest absolute Gasteiger partial charge is 0.103 e. The Hall–Kier alpha value is -0.750. The fourth-order valence-corrected chi connectivity index (χ4v) is 1.62. The smallest absolute Gasteiger partial charge is 0.0440 e. The lowest BCUT2D eigenvalue weighted by atomic mass is 10.1. The van der Waals surface area contributed by atoms with Crippen molar-refractivity contribution in [3.8, 4) is 0 Å². The van der Waals surface area contributed by atoms with Gasteiger partial charge in [-0.25, -0.2) is 0 Å². The second kappa shape index (κ2) is 5.08. The lowest BCUT2D eigenvalue weighted by molar-refractivity contribution is 0.844. The monoisotopic (exact) mass is 194 g/mol. The molecular formula is C12H15Cl. The predicted octanol–water partition coefficient (Wildman–Crippen LogP) is 4.16. The number of hydrogen-bond donors (Lipinski definition) is 0.